The normalized spacial score (nSPS) is 13.2. The quantitative estimate of drug-likeness (QED) is 0.533. The Morgan fingerprint density at radius 2 is 2.36 bits per heavy atom. The summed E-state index contributed by atoms with van der Waals surface area (Å²) in [6, 6.07) is 3.34. The van der Waals surface area contributed by atoms with Crippen LogP contribution < -0.4 is 10.5 Å². The molecule has 2 rings (SSSR count). The Hall–Kier alpha value is -1.71. The van der Waals surface area contributed by atoms with Crippen molar-refractivity contribution in [1.29, 1.82) is 0 Å². The van der Waals surface area contributed by atoms with E-state index in [0.29, 0.717) is 23.6 Å². The summed E-state index contributed by atoms with van der Waals surface area (Å²) < 4.78 is 9.99. The number of fused-ring (bicyclic) bond motifs is 1. The first-order chi connectivity index (χ1) is 6.74. The van der Waals surface area contributed by atoms with E-state index in [1.165, 1.54) is 7.11 Å². The van der Waals surface area contributed by atoms with Gasteiger partial charge in [0.05, 0.1) is 13.7 Å². The molecule has 4 nitrogen and oxygen atoms in total. The molecule has 0 aliphatic carbocycles. The first kappa shape index (κ1) is 8.87. The molecule has 1 heterocycles. The highest BCUT2D eigenvalue weighted by molar-refractivity contribution is 5.94. The van der Waals surface area contributed by atoms with Crippen LogP contribution in [0.4, 0.5) is 5.69 Å². The number of nitrogens with two attached hydrogens (primary N) is 1. The van der Waals surface area contributed by atoms with E-state index < -0.39 is 0 Å². The maximum Gasteiger partial charge on any atom is 0.341 e. The van der Waals surface area contributed by atoms with Crippen molar-refractivity contribution in [3.05, 3.63) is 23.3 Å². The summed E-state index contributed by atoms with van der Waals surface area (Å²) in [4.78, 5) is 11.3. The number of carbonyl (C=O) groups is 1. The standard InChI is InChI=1S/C10H11NO3/c1-13-10(12)7-2-3-8(11)6-4-5-14-9(6)7/h2-3H,4-5,11H2,1H3. The SMILES string of the molecule is COC(=O)c1ccc(N)c2c1OCC2. The Morgan fingerprint density at radius 1 is 1.57 bits per heavy atom. The lowest BCUT2D eigenvalue weighted by molar-refractivity contribution is 0.0597. The maximum absolute atomic E-state index is 11.3. The molecule has 1 aliphatic heterocycles. The second kappa shape index (κ2) is 3.21. The second-order valence-electron chi connectivity index (χ2n) is 3.10. The van der Waals surface area contributed by atoms with Gasteiger partial charge in [0.25, 0.3) is 0 Å². The number of hydrogen-bond acceptors (Lipinski definition) is 4. The van der Waals surface area contributed by atoms with Crippen LogP contribution in [0.3, 0.4) is 0 Å². The number of carbonyl (C=O) groups excluding carboxylic acids is 1. The first-order valence-electron chi connectivity index (χ1n) is 4.36. The van der Waals surface area contributed by atoms with E-state index in [1.807, 2.05) is 0 Å². The van der Waals surface area contributed by atoms with Crippen LogP contribution in [0.15, 0.2) is 12.1 Å². The zero-order valence-corrected chi connectivity index (χ0v) is 7.87. The van der Waals surface area contributed by atoms with Crippen LogP contribution >= 0.6 is 0 Å². The van der Waals surface area contributed by atoms with E-state index in [9.17, 15) is 4.79 Å². The van der Waals surface area contributed by atoms with Crippen molar-refractivity contribution < 1.29 is 14.3 Å². The van der Waals surface area contributed by atoms with Gasteiger partial charge in [0.2, 0.25) is 0 Å². The van der Waals surface area contributed by atoms with Gasteiger partial charge in [-0.3, -0.25) is 0 Å². The summed E-state index contributed by atoms with van der Waals surface area (Å²) in [5.41, 5.74) is 7.78. The fraction of sp³-hybridized carbons (Fsp3) is 0.300. The Bertz CT molecular complexity index is 387. The molecule has 0 saturated carbocycles. The zero-order valence-electron chi connectivity index (χ0n) is 7.87. The minimum Gasteiger partial charge on any atom is -0.492 e. The van der Waals surface area contributed by atoms with Crippen molar-refractivity contribution >= 4 is 11.7 Å². The zero-order chi connectivity index (χ0) is 10.1. The van der Waals surface area contributed by atoms with Gasteiger partial charge in [-0.2, -0.15) is 0 Å². The molecule has 0 fully saturated rings. The predicted molar refractivity (Wildman–Crippen MR) is 51.4 cm³/mol. The molecule has 0 saturated heterocycles. The van der Waals surface area contributed by atoms with Gasteiger partial charge >= 0.3 is 5.97 Å². The van der Waals surface area contributed by atoms with Crippen molar-refractivity contribution in [2.45, 2.75) is 6.42 Å². The highest BCUT2D eigenvalue weighted by Crippen LogP contribution is 2.34. The van der Waals surface area contributed by atoms with Crippen molar-refractivity contribution in [3.63, 3.8) is 0 Å². The number of methoxy groups -OCH3 is 1. The van der Waals surface area contributed by atoms with E-state index in [4.69, 9.17) is 10.5 Å². The van der Waals surface area contributed by atoms with Crippen LogP contribution in [0, 0.1) is 0 Å². The number of anilines is 1. The Balaban J connectivity index is 2.53. The summed E-state index contributed by atoms with van der Waals surface area (Å²) >= 11 is 0. The van der Waals surface area contributed by atoms with E-state index in [0.717, 1.165) is 12.0 Å². The van der Waals surface area contributed by atoms with E-state index in [-0.39, 0.29) is 5.97 Å². The average molecular weight is 193 g/mol. The van der Waals surface area contributed by atoms with Gasteiger partial charge in [0.1, 0.15) is 11.3 Å². The molecule has 0 aromatic heterocycles. The summed E-state index contributed by atoms with van der Waals surface area (Å²) in [5, 5.41) is 0. The van der Waals surface area contributed by atoms with Crippen molar-refractivity contribution in [2.24, 2.45) is 0 Å². The highest BCUT2D eigenvalue weighted by atomic mass is 16.5. The summed E-state index contributed by atoms with van der Waals surface area (Å²) in [6.45, 7) is 0.577. The van der Waals surface area contributed by atoms with Crippen LogP contribution in [0.25, 0.3) is 0 Å². The molecule has 0 bridgehead atoms. The molecular weight excluding hydrogens is 182 g/mol. The number of rotatable bonds is 1. The lowest BCUT2D eigenvalue weighted by Gasteiger charge is -2.07. The van der Waals surface area contributed by atoms with Crippen molar-refractivity contribution in [1.82, 2.24) is 0 Å². The lowest BCUT2D eigenvalue weighted by atomic mass is 10.1. The minimum atomic E-state index is -0.386. The monoisotopic (exact) mass is 193 g/mol. The smallest absolute Gasteiger partial charge is 0.341 e. The lowest BCUT2D eigenvalue weighted by Crippen LogP contribution is -2.04. The van der Waals surface area contributed by atoms with Gasteiger partial charge < -0.3 is 15.2 Å². The molecular formula is C10H11NO3. The Labute approximate surface area is 81.6 Å². The average Bonchev–Trinajstić information content (AvgIpc) is 2.67. The molecule has 0 atom stereocenters. The topological polar surface area (TPSA) is 61.5 Å². The van der Waals surface area contributed by atoms with Crippen molar-refractivity contribution in [3.8, 4) is 5.75 Å². The van der Waals surface area contributed by atoms with Gasteiger partial charge in [0, 0.05) is 17.7 Å². The third-order valence-electron chi connectivity index (χ3n) is 2.30. The molecule has 74 valence electrons. The van der Waals surface area contributed by atoms with Gasteiger partial charge in [-0.05, 0) is 12.1 Å². The van der Waals surface area contributed by atoms with E-state index >= 15 is 0 Å². The molecule has 1 aliphatic rings. The largest absolute Gasteiger partial charge is 0.492 e. The molecule has 0 spiro atoms. The molecule has 1 aromatic rings. The number of benzene rings is 1. The van der Waals surface area contributed by atoms with Crippen LogP contribution in [0.5, 0.6) is 5.75 Å². The van der Waals surface area contributed by atoms with Crippen molar-refractivity contribution in [2.75, 3.05) is 19.5 Å². The number of hydrogen-bond donors (Lipinski definition) is 1. The first-order valence-corrected chi connectivity index (χ1v) is 4.36. The molecule has 0 amide bonds. The van der Waals surface area contributed by atoms with Crippen LogP contribution in [-0.4, -0.2) is 19.7 Å². The molecule has 1 aromatic carbocycles. The molecule has 2 N–H and O–H groups in total. The summed E-state index contributed by atoms with van der Waals surface area (Å²) in [5.74, 6) is 0.194. The molecule has 0 unspecified atom stereocenters. The molecule has 0 radical (unpaired) electrons. The number of ether oxygens (including phenoxy) is 2. The number of nitrogen functional groups attached to an aromatic ring is 1. The summed E-state index contributed by atoms with van der Waals surface area (Å²) in [6.07, 6.45) is 0.756. The highest BCUT2D eigenvalue weighted by Gasteiger charge is 2.23. The maximum atomic E-state index is 11.3. The molecule has 4 heteroatoms. The van der Waals surface area contributed by atoms with Crippen LogP contribution in [0.2, 0.25) is 0 Å². The Kier molecular flexibility index (Phi) is 2.04. The van der Waals surface area contributed by atoms with Gasteiger partial charge in [-0.1, -0.05) is 0 Å². The third kappa shape index (κ3) is 1.19. The predicted octanol–water partition coefficient (Wildman–Crippen LogP) is 0.990. The van der Waals surface area contributed by atoms with Gasteiger partial charge in [0.15, 0.2) is 0 Å². The fourth-order valence-corrected chi connectivity index (χ4v) is 1.59. The van der Waals surface area contributed by atoms with Gasteiger partial charge in [-0.25, -0.2) is 4.79 Å². The van der Waals surface area contributed by atoms with Crippen LogP contribution in [-0.2, 0) is 11.2 Å². The third-order valence-corrected chi connectivity index (χ3v) is 2.30. The van der Waals surface area contributed by atoms with E-state index in [2.05, 4.69) is 4.74 Å². The Morgan fingerprint density at radius 3 is 3.07 bits per heavy atom. The molecule has 14 heavy (non-hydrogen) atoms. The minimum absolute atomic E-state index is 0.386. The fourth-order valence-electron chi connectivity index (χ4n) is 1.59. The summed E-state index contributed by atoms with van der Waals surface area (Å²) in [7, 11) is 1.35. The number of esters is 1. The van der Waals surface area contributed by atoms with E-state index in [1.54, 1.807) is 12.1 Å². The van der Waals surface area contributed by atoms with Gasteiger partial charge in [-0.15, -0.1) is 0 Å². The second-order valence-corrected chi connectivity index (χ2v) is 3.10. The van der Waals surface area contributed by atoms with Crippen LogP contribution in [0.1, 0.15) is 15.9 Å².